The predicted octanol–water partition coefficient (Wildman–Crippen LogP) is 6.69. The number of hydrogen-bond acceptors (Lipinski definition) is 4. The van der Waals surface area contributed by atoms with Crippen LogP contribution in [0.4, 0.5) is 4.39 Å². The number of aromatic nitrogens is 3. The van der Waals surface area contributed by atoms with Gasteiger partial charge in [-0.2, -0.15) is 10.1 Å². The summed E-state index contributed by atoms with van der Waals surface area (Å²) in [6, 6.07) is 26.9. The van der Waals surface area contributed by atoms with E-state index >= 15 is 0 Å². The number of pyridine rings is 1. The van der Waals surface area contributed by atoms with E-state index in [9.17, 15) is 4.39 Å². The van der Waals surface area contributed by atoms with Gasteiger partial charge >= 0.3 is 0 Å². The van der Waals surface area contributed by atoms with Crippen molar-refractivity contribution in [3.05, 3.63) is 106 Å². The maximum Gasteiger partial charge on any atom is 0.226 e. The van der Waals surface area contributed by atoms with E-state index in [-0.39, 0.29) is 5.52 Å². The van der Waals surface area contributed by atoms with Gasteiger partial charge in [-0.05, 0) is 45.3 Å². The number of halogens is 2. The summed E-state index contributed by atoms with van der Waals surface area (Å²) < 4.78 is 28.8. The van der Waals surface area contributed by atoms with Crippen LogP contribution in [0.3, 0.4) is 0 Å². The van der Waals surface area contributed by atoms with Crippen LogP contribution in [0, 0.1) is 5.82 Å². The lowest BCUT2D eigenvalue weighted by molar-refractivity contribution is 0.268. The van der Waals surface area contributed by atoms with Gasteiger partial charge in [0.05, 0.1) is 15.7 Å². The van der Waals surface area contributed by atoms with E-state index in [2.05, 4.69) is 26.0 Å². The molecule has 5 rings (SSSR count). The Labute approximate surface area is 204 Å². The number of benzene rings is 3. The van der Waals surface area contributed by atoms with Crippen LogP contribution in [0.15, 0.2) is 89.4 Å². The molecule has 2 aromatic heterocycles. The van der Waals surface area contributed by atoms with Gasteiger partial charge in [0.2, 0.25) is 11.8 Å². The summed E-state index contributed by atoms with van der Waals surface area (Å²) in [5.41, 5.74) is 3.75. The molecule has 0 aliphatic rings. The Morgan fingerprint density at radius 3 is 2.15 bits per heavy atom. The number of fused-ring (bicyclic) bond motifs is 1. The Hall–Kier alpha value is -3.71. The zero-order valence-corrected chi connectivity index (χ0v) is 20.0. The van der Waals surface area contributed by atoms with Gasteiger partial charge in [-0.3, -0.25) is 4.68 Å². The van der Waals surface area contributed by atoms with Gasteiger partial charge in [0, 0.05) is 18.5 Å². The Bertz CT molecular complexity index is 1440. The molecule has 5 nitrogen and oxygen atoms in total. The summed E-state index contributed by atoms with van der Waals surface area (Å²) in [6.07, 6.45) is 0. The average molecular weight is 518 g/mol. The molecule has 2 heterocycles. The highest BCUT2D eigenvalue weighted by Crippen LogP contribution is 2.37. The van der Waals surface area contributed by atoms with E-state index in [0.717, 1.165) is 11.1 Å². The smallest absolute Gasteiger partial charge is 0.226 e. The normalized spacial score (nSPS) is 11.0. The molecule has 0 aliphatic heterocycles. The summed E-state index contributed by atoms with van der Waals surface area (Å²) in [4.78, 5) is 4.66. The maximum absolute atomic E-state index is 14.7. The largest absolute Gasteiger partial charge is 0.473 e. The Morgan fingerprint density at radius 1 is 0.824 bits per heavy atom. The van der Waals surface area contributed by atoms with E-state index in [4.69, 9.17) is 9.47 Å². The van der Waals surface area contributed by atoms with Crippen LogP contribution in [0.2, 0.25) is 0 Å². The summed E-state index contributed by atoms with van der Waals surface area (Å²) in [6.45, 7) is 0.720. The summed E-state index contributed by atoms with van der Waals surface area (Å²) in [5, 5.41) is 5.08. The van der Waals surface area contributed by atoms with Crippen molar-refractivity contribution in [2.75, 3.05) is 0 Å². The van der Waals surface area contributed by atoms with E-state index in [1.807, 2.05) is 72.8 Å². The zero-order valence-electron chi connectivity index (χ0n) is 18.4. The Morgan fingerprint density at radius 2 is 1.47 bits per heavy atom. The first kappa shape index (κ1) is 22.1. The number of rotatable bonds is 7. The van der Waals surface area contributed by atoms with Gasteiger partial charge in [0.1, 0.15) is 18.7 Å². The molecule has 0 radical (unpaired) electrons. The van der Waals surface area contributed by atoms with Gasteiger partial charge in [-0.15, -0.1) is 0 Å². The third kappa shape index (κ3) is 4.52. The van der Waals surface area contributed by atoms with Crippen molar-refractivity contribution in [3.8, 4) is 23.0 Å². The van der Waals surface area contributed by atoms with Gasteiger partial charge in [0.15, 0.2) is 5.82 Å². The zero-order chi connectivity index (χ0) is 23.5. The SMILES string of the molecule is Cn1nc2c(F)c(Br)ccc2c1-c1ccc(OCc2ccccc2)nc1OCc1ccccc1. The van der Waals surface area contributed by atoms with Crippen LogP contribution in [-0.2, 0) is 20.3 Å². The van der Waals surface area contributed by atoms with Crippen molar-refractivity contribution >= 4 is 26.8 Å². The third-order valence-electron chi connectivity index (χ3n) is 5.44. The molecular formula is C27H21BrFN3O2. The fourth-order valence-corrected chi connectivity index (χ4v) is 4.09. The molecule has 5 aromatic rings. The lowest BCUT2D eigenvalue weighted by Crippen LogP contribution is -2.04. The van der Waals surface area contributed by atoms with E-state index in [1.54, 1.807) is 23.9 Å². The monoisotopic (exact) mass is 517 g/mol. The van der Waals surface area contributed by atoms with Crippen LogP contribution in [0.5, 0.6) is 11.8 Å². The molecule has 0 unspecified atom stereocenters. The van der Waals surface area contributed by atoms with E-state index < -0.39 is 5.82 Å². The molecule has 0 saturated carbocycles. The Balaban J connectivity index is 1.54. The lowest BCUT2D eigenvalue weighted by atomic mass is 10.1. The number of hydrogen-bond donors (Lipinski definition) is 0. The first-order valence-electron chi connectivity index (χ1n) is 10.8. The number of nitrogens with zero attached hydrogens (tertiary/aromatic N) is 3. The van der Waals surface area contributed by atoms with Gasteiger partial charge in [-0.1, -0.05) is 60.7 Å². The molecule has 3 aromatic carbocycles. The van der Waals surface area contributed by atoms with Gasteiger partial charge in [-0.25, -0.2) is 4.39 Å². The molecule has 0 N–H and O–H groups in total. The standard InChI is InChI=1S/C27H21BrFN3O2/c1-32-26(20-12-14-22(28)24(29)25(20)31-32)21-13-15-23(33-16-18-8-4-2-5-9-18)30-27(21)34-17-19-10-6-3-7-11-19/h2-15H,16-17H2,1H3. The molecule has 170 valence electrons. The van der Waals surface area contributed by atoms with Gasteiger partial charge in [0.25, 0.3) is 0 Å². The highest BCUT2D eigenvalue weighted by Gasteiger charge is 2.20. The molecule has 34 heavy (non-hydrogen) atoms. The first-order valence-corrected chi connectivity index (χ1v) is 11.5. The van der Waals surface area contributed by atoms with E-state index in [1.165, 1.54) is 0 Å². The lowest BCUT2D eigenvalue weighted by Gasteiger charge is -2.14. The minimum atomic E-state index is -0.401. The van der Waals surface area contributed by atoms with Crippen molar-refractivity contribution in [3.63, 3.8) is 0 Å². The fourth-order valence-electron chi connectivity index (χ4n) is 3.77. The Kier molecular flexibility index (Phi) is 6.27. The maximum atomic E-state index is 14.7. The molecular weight excluding hydrogens is 497 g/mol. The highest BCUT2D eigenvalue weighted by molar-refractivity contribution is 9.10. The molecule has 0 fully saturated rings. The molecule has 0 atom stereocenters. The summed E-state index contributed by atoms with van der Waals surface area (Å²) in [5.74, 6) is 0.431. The van der Waals surface area contributed by atoms with Crippen LogP contribution < -0.4 is 9.47 Å². The average Bonchev–Trinajstić information content (AvgIpc) is 3.21. The quantitative estimate of drug-likeness (QED) is 0.241. The minimum Gasteiger partial charge on any atom is -0.473 e. The predicted molar refractivity (Wildman–Crippen MR) is 133 cm³/mol. The summed E-state index contributed by atoms with van der Waals surface area (Å²) in [7, 11) is 1.78. The van der Waals surface area contributed by atoms with Crippen LogP contribution in [0.25, 0.3) is 22.2 Å². The number of aryl methyl sites for hydroxylation is 1. The van der Waals surface area contributed by atoms with Gasteiger partial charge < -0.3 is 9.47 Å². The van der Waals surface area contributed by atoms with Crippen molar-refractivity contribution in [2.45, 2.75) is 13.2 Å². The van der Waals surface area contributed by atoms with E-state index in [0.29, 0.717) is 46.1 Å². The van der Waals surface area contributed by atoms with Crippen molar-refractivity contribution in [1.82, 2.24) is 14.8 Å². The highest BCUT2D eigenvalue weighted by atomic mass is 79.9. The topological polar surface area (TPSA) is 49.2 Å². The first-order chi connectivity index (χ1) is 16.6. The van der Waals surface area contributed by atoms with Crippen LogP contribution in [0.1, 0.15) is 11.1 Å². The molecule has 7 heteroatoms. The molecule has 0 spiro atoms. The van der Waals surface area contributed by atoms with Crippen LogP contribution in [-0.4, -0.2) is 14.8 Å². The molecule has 0 aliphatic carbocycles. The van der Waals surface area contributed by atoms with Crippen molar-refractivity contribution in [2.24, 2.45) is 7.05 Å². The van der Waals surface area contributed by atoms with Crippen molar-refractivity contribution < 1.29 is 13.9 Å². The molecule has 0 saturated heterocycles. The third-order valence-corrected chi connectivity index (χ3v) is 6.05. The van der Waals surface area contributed by atoms with Crippen molar-refractivity contribution in [1.29, 1.82) is 0 Å². The second-order valence-corrected chi connectivity index (χ2v) is 8.63. The molecule has 0 bridgehead atoms. The fraction of sp³-hybridized carbons (Fsp3) is 0.111. The molecule has 0 amide bonds. The minimum absolute atomic E-state index is 0.283. The second kappa shape index (κ2) is 9.65. The van der Waals surface area contributed by atoms with Crippen LogP contribution >= 0.6 is 15.9 Å². The summed E-state index contributed by atoms with van der Waals surface area (Å²) >= 11 is 3.24. The number of ether oxygens (including phenoxy) is 2. The second-order valence-electron chi connectivity index (χ2n) is 7.78.